The summed E-state index contributed by atoms with van der Waals surface area (Å²) in [5, 5.41) is 16.4. The molecule has 2 heterocycles. The monoisotopic (exact) mass is 555 g/mol. The number of hydrogen-bond acceptors (Lipinski definition) is 7. The van der Waals surface area contributed by atoms with E-state index < -0.39 is 36.3 Å². The van der Waals surface area contributed by atoms with E-state index in [1.807, 2.05) is 12.1 Å². The number of aromatic nitrogens is 2. The van der Waals surface area contributed by atoms with E-state index in [1.165, 1.54) is 30.3 Å². The van der Waals surface area contributed by atoms with Gasteiger partial charge in [-0.3, -0.25) is 4.79 Å². The van der Waals surface area contributed by atoms with Crippen molar-refractivity contribution in [3.63, 3.8) is 0 Å². The first-order valence-electron chi connectivity index (χ1n) is 11.8. The number of esters is 2. The average Bonchev–Trinajstić information content (AvgIpc) is 2.93. The summed E-state index contributed by atoms with van der Waals surface area (Å²) in [4.78, 5) is 27.5. The Labute approximate surface area is 225 Å². The lowest BCUT2D eigenvalue weighted by molar-refractivity contribution is -0.620. The summed E-state index contributed by atoms with van der Waals surface area (Å²) in [6.07, 6.45) is -4.52. The predicted molar refractivity (Wildman–Crippen MR) is 133 cm³/mol. The van der Waals surface area contributed by atoms with Gasteiger partial charge in [-0.1, -0.05) is 30.3 Å². The number of anilines is 1. The molecule has 40 heavy (non-hydrogen) atoms. The molecule has 1 unspecified atom stereocenters. The molecule has 2 aromatic heterocycles. The van der Waals surface area contributed by atoms with E-state index in [9.17, 15) is 32.4 Å². The number of pyridine rings is 2. The molecule has 2 aromatic carbocycles. The van der Waals surface area contributed by atoms with Crippen molar-refractivity contribution < 1.29 is 41.4 Å². The number of nitrogens with one attached hydrogen (secondary N) is 1. The van der Waals surface area contributed by atoms with Gasteiger partial charge in [-0.05, 0) is 53.6 Å². The number of hydrogen-bond donors (Lipinski definition) is 1. The molecule has 0 saturated carbocycles. The lowest BCUT2D eigenvalue weighted by Crippen LogP contribution is -2.36. The summed E-state index contributed by atoms with van der Waals surface area (Å²) in [5.41, 5.74) is 1.03. The highest BCUT2D eigenvalue weighted by atomic mass is 19.4. The largest absolute Gasteiger partial charge is 0.616 e. The summed E-state index contributed by atoms with van der Waals surface area (Å²) in [6.45, 7) is 0.487. The molecule has 4 rings (SSSR count). The van der Waals surface area contributed by atoms with Crippen LogP contribution in [0.25, 0.3) is 0 Å². The van der Waals surface area contributed by atoms with Gasteiger partial charge >= 0.3 is 24.0 Å². The third-order valence-electron chi connectivity index (χ3n) is 5.66. The molecule has 12 heteroatoms. The van der Waals surface area contributed by atoms with Gasteiger partial charge in [0.2, 0.25) is 5.69 Å². The molecule has 0 bridgehead atoms. The molecule has 0 aliphatic heterocycles. The van der Waals surface area contributed by atoms with Crippen molar-refractivity contribution in [3.05, 3.63) is 119 Å². The highest BCUT2D eigenvalue weighted by Crippen LogP contribution is 2.29. The van der Waals surface area contributed by atoms with E-state index in [-0.39, 0.29) is 17.1 Å². The van der Waals surface area contributed by atoms with E-state index in [4.69, 9.17) is 4.74 Å². The normalized spacial score (nSPS) is 11.9. The van der Waals surface area contributed by atoms with Crippen LogP contribution in [0.4, 0.5) is 23.4 Å². The first kappa shape index (κ1) is 28.0. The minimum Gasteiger partial charge on any atom is -0.616 e. The van der Waals surface area contributed by atoms with Gasteiger partial charge in [-0.2, -0.15) is 13.2 Å². The number of carbonyl (C=O) groups is 2. The van der Waals surface area contributed by atoms with Crippen molar-refractivity contribution >= 4 is 17.8 Å². The van der Waals surface area contributed by atoms with Crippen LogP contribution in [0.1, 0.15) is 29.2 Å². The number of ether oxygens (including phenoxy) is 2. The minimum atomic E-state index is -5.38. The van der Waals surface area contributed by atoms with Crippen molar-refractivity contribution in [2.24, 2.45) is 0 Å². The Hall–Kier alpha value is -5.00. The molecule has 8 nitrogen and oxygen atoms in total. The lowest BCUT2D eigenvalue weighted by atomic mass is 9.92. The summed E-state index contributed by atoms with van der Waals surface area (Å²) in [5.74, 6) is -5.16. The molecule has 0 aliphatic carbocycles. The fourth-order valence-electron chi connectivity index (χ4n) is 3.74. The SMILES string of the molecule is O=C(CC(c1ccc(F)cc1)c1cccc(Oc2ccc(CNc3ccccn3)cc2)[n+]1[O-])OC(=O)C(F)(F)F. The summed E-state index contributed by atoms with van der Waals surface area (Å²) < 4.78 is 61.2. The zero-order valence-electron chi connectivity index (χ0n) is 20.6. The van der Waals surface area contributed by atoms with E-state index in [1.54, 1.807) is 36.5 Å². The number of alkyl halides is 3. The number of rotatable bonds is 9. The smallest absolute Gasteiger partial charge is 0.491 e. The van der Waals surface area contributed by atoms with Crippen LogP contribution in [0.2, 0.25) is 0 Å². The Morgan fingerprint density at radius 1 is 0.950 bits per heavy atom. The molecular formula is C28H21F4N3O5. The van der Waals surface area contributed by atoms with E-state index in [0.29, 0.717) is 22.8 Å². The van der Waals surface area contributed by atoms with Gasteiger partial charge in [0.25, 0.3) is 0 Å². The molecule has 1 N–H and O–H groups in total. The molecule has 0 fully saturated rings. The van der Waals surface area contributed by atoms with Crippen LogP contribution in [0.15, 0.2) is 91.1 Å². The first-order chi connectivity index (χ1) is 19.1. The van der Waals surface area contributed by atoms with Crippen molar-refractivity contribution in [2.45, 2.75) is 25.1 Å². The maximum atomic E-state index is 13.5. The number of benzene rings is 2. The number of nitrogens with zero attached hydrogens (tertiary/aromatic N) is 2. The summed E-state index contributed by atoms with van der Waals surface area (Å²) >= 11 is 0. The van der Waals surface area contributed by atoms with Crippen molar-refractivity contribution in [1.82, 2.24) is 4.98 Å². The Balaban J connectivity index is 1.53. The molecule has 0 radical (unpaired) electrons. The van der Waals surface area contributed by atoms with Crippen LogP contribution in [0, 0.1) is 11.0 Å². The van der Waals surface area contributed by atoms with Crippen LogP contribution in [0.3, 0.4) is 0 Å². The average molecular weight is 555 g/mol. The highest BCUT2D eigenvalue weighted by molar-refractivity contribution is 5.88. The number of halogens is 4. The van der Waals surface area contributed by atoms with Crippen LogP contribution in [-0.2, 0) is 20.9 Å². The topological polar surface area (TPSA) is 104 Å². The Bertz CT molecular complexity index is 1460. The maximum absolute atomic E-state index is 13.5. The molecule has 4 aromatic rings. The van der Waals surface area contributed by atoms with Crippen LogP contribution in [-0.4, -0.2) is 23.1 Å². The molecule has 0 spiro atoms. The van der Waals surface area contributed by atoms with Crippen molar-refractivity contribution in [2.75, 3.05) is 5.32 Å². The molecule has 0 amide bonds. The van der Waals surface area contributed by atoms with Crippen molar-refractivity contribution in [1.29, 1.82) is 0 Å². The Morgan fingerprint density at radius 2 is 1.68 bits per heavy atom. The van der Waals surface area contributed by atoms with Gasteiger partial charge < -0.3 is 20.0 Å². The van der Waals surface area contributed by atoms with Gasteiger partial charge in [0, 0.05) is 18.8 Å². The number of carbonyl (C=O) groups excluding carboxylic acids is 2. The van der Waals surface area contributed by atoms with Crippen LogP contribution >= 0.6 is 0 Å². The van der Waals surface area contributed by atoms with Gasteiger partial charge in [0.1, 0.15) is 17.4 Å². The minimum absolute atomic E-state index is 0.100. The summed E-state index contributed by atoms with van der Waals surface area (Å²) in [6, 6.07) is 21.1. The second kappa shape index (κ2) is 12.2. The van der Waals surface area contributed by atoms with Gasteiger partial charge in [-0.25, -0.2) is 14.2 Å². The summed E-state index contributed by atoms with van der Waals surface area (Å²) in [7, 11) is 0. The zero-order valence-corrected chi connectivity index (χ0v) is 20.6. The standard InChI is InChI=1S/C28H21F4N3O5/c29-20-11-9-19(10-12-20)22(16-26(36)40-27(37)28(30,31)32)23-4-3-6-25(35(23)38)39-21-13-7-18(8-14-21)17-34-24-5-1-2-15-33-24/h1-15,22H,16-17H2,(H,33,34). The first-order valence-corrected chi connectivity index (χ1v) is 11.8. The molecule has 0 saturated heterocycles. The predicted octanol–water partition coefficient (Wildman–Crippen LogP) is 5.41. The zero-order chi connectivity index (χ0) is 28.7. The second-order valence-electron chi connectivity index (χ2n) is 8.47. The fraction of sp³-hybridized carbons (Fsp3) is 0.143. The van der Waals surface area contributed by atoms with E-state index >= 15 is 0 Å². The van der Waals surface area contributed by atoms with Crippen LogP contribution in [0.5, 0.6) is 11.6 Å². The quantitative estimate of drug-likeness (QED) is 0.0968. The highest BCUT2D eigenvalue weighted by Gasteiger charge is 2.43. The molecular weight excluding hydrogens is 534 g/mol. The van der Waals surface area contributed by atoms with E-state index in [2.05, 4.69) is 15.0 Å². The Morgan fingerprint density at radius 3 is 2.33 bits per heavy atom. The molecule has 0 aliphatic rings. The molecule has 206 valence electrons. The second-order valence-corrected chi connectivity index (χ2v) is 8.47. The van der Waals surface area contributed by atoms with Crippen molar-refractivity contribution in [3.8, 4) is 11.6 Å². The van der Waals surface area contributed by atoms with Crippen LogP contribution < -0.4 is 14.8 Å². The third-order valence-corrected chi connectivity index (χ3v) is 5.66. The van der Waals surface area contributed by atoms with Gasteiger partial charge in [-0.15, -0.1) is 4.73 Å². The van der Waals surface area contributed by atoms with Gasteiger partial charge in [0.15, 0.2) is 0 Å². The van der Waals surface area contributed by atoms with Gasteiger partial charge in [0.05, 0.1) is 18.4 Å². The van der Waals surface area contributed by atoms with E-state index in [0.717, 1.165) is 17.7 Å². The fourth-order valence-corrected chi connectivity index (χ4v) is 3.74. The molecule has 1 atom stereocenters. The Kier molecular flexibility index (Phi) is 8.57. The lowest BCUT2D eigenvalue weighted by Gasteiger charge is -2.18. The third kappa shape index (κ3) is 7.31. The maximum Gasteiger partial charge on any atom is 0.491 e.